The minimum atomic E-state index is -4.49. The fraction of sp³-hybridized carbons (Fsp3) is 0.190. The highest BCUT2D eigenvalue weighted by atomic mass is 35.5. The fourth-order valence-electron chi connectivity index (χ4n) is 3.19. The maximum atomic E-state index is 13.2. The van der Waals surface area contributed by atoms with E-state index >= 15 is 0 Å². The van der Waals surface area contributed by atoms with Gasteiger partial charge in [-0.05, 0) is 29.3 Å². The van der Waals surface area contributed by atoms with Crippen LogP contribution in [0.15, 0.2) is 48.9 Å². The predicted molar refractivity (Wildman–Crippen MR) is 111 cm³/mol. The largest absolute Gasteiger partial charge is 0.496 e. The topological polar surface area (TPSA) is 75.7 Å². The molecule has 6 nitrogen and oxygen atoms in total. The van der Waals surface area contributed by atoms with Crippen molar-refractivity contribution in [1.29, 1.82) is 0 Å². The zero-order chi connectivity index (χ0) is 22.0. The van der Waals surface area contributed by atoms with Crippen LogP contribution in [0.2, 0.25) is 5.15 Å². The van der Waals surface area contributed by atoms with Crippen molar-refractivity contribution in [3.63, 3.8) is 0 Å². The smallest absolute Gasteiger partial charge is 0.419 e. The van der Waals surface area contributed by atoms with Gasteiger partial charge in [0.05, 0.1) is 18.9 Å². The minimum Gasteiger partial charge on any atom is -0.496 e. The van der Waals surface area contributed by atoms with Crippen LogP contribution in [-0.4, -0.2) is 27.0 Å². The van der Waals surface area contributed by atoms with Gasteiger partial charge < -0.3 is 15.0 Å². The molecule has 0 saturated heterocycles. The van der Waals surface area contributed by atoms with Crippen molar-refractivity contribution in [3.05, 3.63) is 76.3 Å². The van der Waals surface area contributed by atoms with Crippen LogP contribution in [-0.2, 0) is 19.1 Å². The van der Waals surface area contributed by atoms with Gasteiger partial charge >= 0.3 is 6.18 Å². The zero-order valence-corrected chi connectivity index (χ0v) is 17.1. The number of halogens is 4. The molecule has 160 valence electrons. The van der Waals surface area contributed by atoms with Crippen LogP contribution in [0.4, 0.5) is 19.0 Å². The van der Waals surface area contributed by atoms with E-state index in [1.165, 1.54) is 19.4 Å². The average molecular weight is 448 g/mol. The number of aromatic nitrogens is 4. The number of nitrogens with zero attached hydrogens (tertiary/aromatic N) is 3. The maximum absolute atomic E-state index is 13.2. The van der Waals surface area contributed by atoms with Gasteiger partial charge in [0.2, 0.25) is 0 Å². The molecule has 0 saturated carbocycles. The Morgan fingerprint density at radius 1 is 1.10 bits per heavy atom. The first-order valence-electron chi connectivity index (χ1n) is 9.25. The van der Waals surface area contributed by atoms with Crippen molar-refractivity contribution in [3.8, 4) is 5.75 Å². The average Bonchev–Trinajstić information content (AvgIpc) is 3.14. The van der Waals surface area contributed by atoms with Gasteiger partial charge in [0, 0.05) is 30.9 Å². The van der Waals surface area contributed by atoms with Crippen LogP contribution < -0.4 is 10.1 Å². The van der Waals surface area contributed by atoms with Gasteiger partial charge in [-0.15, -0.1) is 0 Å². The molecule has 0 fully saturated rings. The van der Waals surface area contributed by atoms with Crippen molar-refractivity contribution in [2.24, 2.45) is 0 Å². The summed E-state index contributed by atoms with van der Waals surface area (Å²) in [6.45, 7) is 0.190. The molecule has 0 unspecified atom stereocenters. The molecule has 0 aliphatic rings. The van der Waals surface area contributed by atoms with Crippen molar-refractivity contribution in [1.82, 2.24) is 19.9 Å². The van der Waals surface area contributed by atoms with Crippen LogP contribution in [0.3, 0.4) is 0 Å². The molecule has 0 atom stereocenters. The molecular weight excluding hydrogens is 431 g/mol. The maximum Gasteiger partial charge on any atom is 0.419 e. The van der Waals surface area contributed by atoms with Gasteiger partial charge in [0.25, 0.3) is 0 Å². The van der Waals surface area contributed by atoms with E-state index in [1.54, 1.807) is 18.3 Å². The summed E-state index contributed by atoms with van der Waals surface area (Å²) >= 11 is 5.93. The van der Waals surface area contributed by atoms with Crippen molar-refractivity contribution < 1.29 is 17.9 Å². The van der Waals surface area contributed by atoms with Gasteiger partial charge in [0.15, 0.2) is 5.65 Å². The predicted octanol–water partition coefficient (Wildman–Crippen LogP) is 5.24. The summed E-state index contributed by atoms with van der Waals surface area (Å²) in [4.78, 5) is 15.9. The summed E-state index contributed by atoms with van der Waals surface area (Å²) < 4.78 is 44.3. The second kappa shape index (κ2) is 8.43. The van der Waals surface area contributed by atoms with Gasteiger partial charge in [-0.2, -0.15) is 13.2 Å². The summed E-state index contributed by atoms with van der Waals surface area (Å²) in [5, 5.41) is 3.35. The highest BCUT2D eigenvalue weighted by Gasteiger charge is 2.34. The number of fused-ring (bicyclic) bond motifs is 1. The first-order chi connectivity index (χ1) is 14.8. The number of alkyl halides is 3. The number of aromatic amines is 1. The lowest BCUT2D eigenvalue weighted by atomic mass is 10.1. The quantitative estimate of drug-likeness (QED) is 0.423. The Kier molecular flexibility index (Phi) is 5.69. The van der Waals surface area contributed by atoms with E-state index in [1.807, 2.05) is 12.3 Å². The van der Waals surface area contributed by atoms with Crippen LogP contribution in [0.5, 0.6) is 5.75 Å². The number of methoxy groups -OCH3 is 1. The number of hydrogen-bond acceptors (Lipinski definition) is 5. The normalized spacial score (nSPS) is 11.6. The Morgan fingerprint density at radius 2 is 1.90 bits per heavy atom. The standard InChI is InChI=1S/C21H17ClF3N5O/c1-31-16-4-2-13(7-15(16)21(23,24)25)9-27-18-5-3-12(8-26-18)6-14-10-28-20-19(14)30-17(22)11-29-20/h2-5,7-8,10-11H,6,9H2,1H3,(H,26,27)(H,28,29). The molecular formula is C21H17ClF3N5O. The molecule has 3 aromatic heterocycles. The van der Waals surface area contributed by atoms with Gasteiger partial charge in [-0.25, -0.2) is 15.0 Å². The van der Waals surface area contributed by atoms with E-state index < -0.39 is 11.7 Å². The molecule has 0 amide bonds. The monoisotopic (exact) mass is 447 g/mol. The molecule has 0 radical (unpaired) electrons. The molecule has 3 heterocycles. The minimum absolute atomic E-state index is 0.190. The molecule has 0 aliphatic carbocycles. The van der Waals surface area contributed by atoms with Crippen LogP contribution in [0.1, 0.15) is 22.3 Å². The highest BCUT2D eigenvalue weighted by Crippen LogP contribution is 2.36. The third-order valence-electron chi connectivity index (χ3n) is 4.69. The number of rotatable bonds is 6. The lowest BCUT2D eigenvalue weighted by Gasteiger charge is -2.14. The Morgan fingerprint density at radius 3 is 2.61 bits per heavy atom. The first-order valence-corrected chi connectivity index (χ1v) is 9.62. The molecule has 31 heavy (non-hydrogen) atoms. The van der Waals surface area contributed by atoms with E-state index in [-0.39, 0.29) is 12.3 Å². The third kappa shape index (κ3) is 4.72. The lowest BCUT2D eigenvalue weighted by Crippen LogP contribution is -2.09. The molecule has 0 aliphatic heterocycles. The Balaban J connectivity index is 1.44. The number of benzene rings is 1. The SMILES string of the molecule is COc1ccc(CNc2ccc(Cc3c[nH]c4ncc(Cl)nc34)cn2)cc1C(F)(F)F. The van der Waals surface area contributed by atoms with Crippen molar-refractivity contribution in [2.75, 3.05) is 12.4 Å². The molecule has 4 rings (SSSR count). The zero-order valence-electron chi connectivity index (χ0n) is 16.3. The number of nitrogens with one attached hydrogen (secondary N) is 2. The van der Waals surface area contributed by atoms with Gasteiger partial charge in [0.1, 0.15) is 22.2 Å². The molecule has 0 bridgehead atoms. The van der Waals surface area contributed by atoms with Crippen LogP contribution in [0, 0.1) is 0 Å². The van der Waals surface area contributed by atoms with Gasteiger partial charge in [-0.3, -0.25) is 0 Å². The molecule has 1 aromatic carbocycles. The fourth-order valence-corrected chi connectivity index (χ4v) is 3.32. The summed E-state index contributed by atoms with van der Waals surface area (Å²) in [6.07, 6.45) is 1.10. The van der Waals surface area contributed by atoms with E-state index in [0.29, 0.717) is 34.1 Å². The molecule has 0 spiro atoms. The third-order valence-corrected chi connectivity index (χ3v) is 4.87. The Bertz CT molecular complexity index is 1210. The first kappa shape index (κ1) is 20.9. The molecule has 4 aromatic rings. The lowest BCUT2D eigenvalue weighted by molar-refractivity contribution is -0.138. The molecule has 10 heteroatoms. The summed E-state index contributed by atoms with van der Waals surface area (Å²) in [5.41, 5.74) is 2.90. The summed E-state index contributed by atoms with van der Waals surface area (Å²) in [5.74, 6) is 0.344. The number of anilines is 1. The highest BCUT2D eigenvalue weighted by molar-refractivity contribution is 6.29. The van der Waals surface area contributed by atoms with Crippen LogP contribution >= 0.6 is 11.6 Å². The Hall–Kier alpha value is -3.33. The van der Waals surface area contributed by atoms with E-state index in [4.69, 9.17) is 16.3 Å². The Labute approximate surface area is 180 Å². The van der Waals surface area contributed by atoms with Crippen LogP contribution in [0.25, 0.3) is 11.2 Å². The molecule has 2 N–H and O–H groups in total. The van der Waals surface area contributed by atoms with Gasteiger partial charge in [-0.1, -0.05) is 23.7 Å². The second-order valence-electron chi connectivity index (χ2n) is 6.82. The van der Waals surface area contributed by atoms with E-state index in [0.717, 1.165) is 17.2 Å². The van der Waals surface area contributed by atoms with Crippen molar-refractivity contribution in [2.45, 2.75) is 19.1 Å². The number of hydrogen-bond donors (Lipinski definition) is 2. The summed E-state index contributed by atoms with van der Waals surface area (Å²) in [7, 11) is 1.21. The number of pyridine rings is 1. The number of H-pyrrole nitrogens is 1. The number of ether oxygens (including phenoxy) is 1. The van der Waals surface area contributed by atoms with E-state index in [2.05, 4.69) is 25.3 Å². The summed E-state index contributed by atoms with van der Waals surface area (Å²) in [6, 6.07) is 7.63. The van der Waals surface area contributed by atoms with E-state index in [9.17, 15) is 13.2 Å². The van der Waals surface area contributed by atoms with Crippen molar-refractivity contribution >= 4 is 28.6 Å². The second-order valence-corrected chi connectivity index (χ2v) is 7.21.